The van der Waals surface area contributed by atoms with Gasteiger partial charge in [0.1, 0.15) is 5.75 Å². The summed E-state index contributed by atoms with van der Waals surface area (Å²) in [5.74, 6) is -0.385. The van der Waals surface area contributed by atoms with E-state index in [4.69, 9.17) is 9.47 Å². The van der Waals surface area contributed by atoms with E-state index in [1.165, 1.54) is 5.56 Å². The van der Waals surface area contributed by atoms with Gasteiger partial charge in [0.05, 0.1) is 0 Å². The van der Waals surface area contributed by atoms with E-state index in [0.29, 0.717) is 11.7 Å². The third-order valence-corrected chi connectivity index (χ3v) is 4.21. The van der Waals surface area contributed by atoms with E-state index >= 15 is 0 Å². The Morgan fingerprint density at radius 1 is 1.08 bits per heavy atom. The SMILES string of the molecule is CC(C)c1ccc(OCC(=O)OCC(=O)NC(=O)NC2CCCC2)cc1. The minimum Gasteiger partial charge on any atom is -0.482 e. The van der Waals surface area contributed by atoms with Crippen molar-refractivity contribution in [3.8, 4) is 5.75 Å². The van der Waals surface area contributed by atoms with E-state index in [-0.39, 0.29) is 12.6 Å². The Kier molecular flexibility index (Phi) is 7.44. The average molecular weight is 362 g/mol. The van der Waals surface area contributed by atoms with Crippen LogP contribution in [0.1, 0.15) is 51.0 Å². The number of carbonyl (C=O) groups excluding carboxylic acids is 3. The summed E-state index contributed by atoms with van der Waals surface area (Å²) in [4.78, 5) is 34.9. The van der Waals surface area contributed by atoms with Crippen LogP contribution in [0.4, 0.5) is 4.79 Å². The Morgan fingerprint density at radius 2 is 1.73 bits per heavy atom. The molecule has 0 atom stereocenters. The molecule has 2 rings (SSSR count). The number of nitrogens with one attached hydrogen (secondary N) is 2. The highest BCUT2D eigenvalue weighted by Crippen LogP contribution is 2.18. The number of benzene rings is 1. The largest absolute Gasteiger partial charge is 0.482 e. The number of esters is 1. The molecule has 1 aliphatic rings. The van der Waals surface area contributed by atoms with Crippen LogP contribution in [0.25, 0.3) is 0 Å². The fourth-order valence-corrected chi connectivity index (χ4v) is 2.73. The molecule has 26 heavy (non-hydrogen) atoms. The summed E-state index contributed by atoms with van der Waals surface area (Å²) in [5, 5.41) is 4.87. The molecule has 0 radical (unpaired) electrons. The molecule has 0 aliphatic heterocycles. The molecular formula is C19H26N2O5. The molecule has 0 heterocycles. The van der Waals surface area contributed by atoms with E-state index in [1.54, 1.807) is 12.1 Å². The van der Waals surface area contributed by atoms with Crippen molar-refractivity contribution >= 4 is 17.9 Å². The van der Waals surface area contributed by atoms with Crippen LogP contribution in [-0.2, 0) is 14.3 Å². The lowest BCUT2D eigenvalue weighted by atomic mass is 10.0. The number of hydrogen-bond acceptors (Lipinski definition) is 5. The molecular weight excluding hydrogens is 336 g/mol. The number of urea groups is 1. The van der Waals surface area contributed by atoms with Gasteiger partial charge in [-0.3, -0.25) is 10.1 Å². The van der Waals surface area contributed by atoms with Crippen LogP contribution >= 0.6 is 0 Å². The summed E-state index contributed by atoms with van der Waals surface area (Å²) in [7, 11) is 0. The van der Waals surface area contributed by atoms with Gasteiger partial charge < -0.3 is 14.8 Å². The zero-order chi connectivity index (χ0) is 18.9. The number of hydrogen-bond donors (Lipinski definition) is 2. The Hall–Kier alpha value is -2.57. The van der Waals surface area contributed by atoms with Crippen molar-refractivity contribution in [3.05, 3.63) is 29.8 Å². The molecule has 2 N–H and O–H groups in total. The van der Waals surface area contributed by atoms with Crippen molar-refractivity contribution < 1.29 is 23.9 Å². The Morgan fingerprint density at radius 3 is 2.35 bits per heavy atom. The fourth-order valence-electron chi connectivity index (χ4n) is 2.73. The highest BCUT2D eigenvalue weighted by molar-refractivity contribution is 5.95. The molecule has 7 nitrogen and oxygen atoms in total. The predicted octanol–water partition coefficient (Wildman–Crippen LogP) is 2.50. The maximum absolute atomic E-state index is 11.6. The van der Waals surface area contributed by atoms with Crippen molar-refractivity contribution in [3.63, 3.8) is 0 Å². The lowest BCUT2D eigenvalue weighted by molar-refractivity contribution is -0.150. The van der Waals surface area contributed by atoms with Crippen molar-refractivity contribution in [2.24, 2.45) is 0 Å². The van der Waals surface area contributed by atoms with Crippen molar-refractivity contribution in [2.75, 3.05) is 13.2 Å². The summed E-state index contributed by atoms with van der Waals surface area (Å²) < 4.78 is 10.1. The number of imide groups is 1. The average Bonchev–Trinajstić information content (AvgIpc) is 3.11. The predicted molar refractivity (Wildman–Crippen MR) is 95.9 cm³/mol. The van der Waals surface area contributed by atoms with Gasteiger partial charge in [-0.25, -0.2) is 9.59 Å². The van der Waals surface area contributed by atoms with Gasteiger partial charge in [-0.05, 0) is 36.5 Å². The molecule has 1 fully saturated rings. The second-order valence-electron chi connectivity index (χ2n) is 6.68. The molecule has 0 saturated heterocycles. The van der Waals surface area contributed by atoms with E-state index in [9.17, 15) is 14.4 Å². The topological polar surface area (TPSA) is 93.7 Å². The Balaban J connectivity index is 1.62. The zero-order valence-electron chi connectivity index (χ0n) is 15.2. The first kappa shape index (κ1) is 19.8. The first-order valence-corrected chi connectivity index (χ1v) is 8.92. The highest BCUT2D eigenvalue weighted by atomic mass is 16.6. The summed E-state index contributed by atoms with van der Waals surface area (Å²) in [6, 6.07) is 6.98. The molecule has 1 aliphatic carbocycles. The van der Waals surface area contributed by atoms with E-state index in [1.807, 2.05) is 12.1 Å². The molecule has 142 valence electrons. The third-order valence-electron chi connectivity index (χ3n) is 4.21. The van der Waals surface area contributed by atoms with Gasteiger partial charge >= 0.3 is 12.0 Å². The minimum absolute atomic E-state index is 0.112. The summed E-state index contributed by atoms with van der Waals surface area (Å²) in [6.07, 6.45) is 4.01. The molecule has 7 heteroatoms. The molecule has 1 saturated carbocycles. The van der Waals surface area contributed by atoms with Crippen molar-refractivity contribution in [1.29, 1.82) is 0 Å². The maximum Gasteiger partial charge on any atom is 0.344 e. The highest BCUT2D eigenvalue weighted by Gasteiger charge is 2.18. The Bertz CT molecular complexity index is 621. The summed E-state index contributed by atoms with van der Waals surface area (Å²) >= 11 is 0. The lowest BCUT2D eigenvalue weighted by Crippen LogP contribution is -2.45. The second-order valence-corrected chi connectivity index (χ2v) is 6.68. The first-order valence-electron chi connectivity index (χ1n) is 8.92. The van der Waals surface area contributed by atoms with Crippen LogP contribution in [0.3, 0.4) is 0 Å². The summed E-state index contributed by atoms with van der Waals surface area (Å²) in [5.41, 5.74) is 1.17. The minimum atomic E-state index is -0.677. The molecule has 1 aromatic carbocycles. The van der Waals surface area contributed by atoms with Crippen LogP contribution < -0.4 is 15.4 Å². The molecule has 0 spiro atoms. The maximum atomic E-state index is 11.6. The van der Waals surface area contributed by atoms with Gasteiger partial charge in [-0.15, -0.1) is 0 Å². The standard InChI is InChI=1S/C19H26N2O5/c1-13(2)14-7-9-16(10-8-14)25-12-18(23)26-11-17(22)21-19(24)20-15-5-3-4-6-15/h7-10,13,15H,3-6,11-12H2,1-2H3,(H2,20,21,22,24). The van der Waals surface area contributed by atoms with Crippen molar-refractivity contribution in [1.82, 2.24) is 10.6 Å². The molecule has 1 aromatic rings. The van der Waals surface area contributed by atoms with E-state index in [2.05, 4.69) is 24.5 Å². The van der Waals surface area contributed by atoms with E-state index < -0.39 is 24.5 Å². The van der Waals surface area contributed by atoms with Gasteiger partial charge in [-0.1, -0.05) is 38.8 Å². The third kappa shape index (κ3) is 6.74. The Labute approximate surface area is 153 Å². The first-order chi connectivity index (χ1) is 12.4. The number of amides is 3. The van der Waals surface area contributed by atoms with Crippen LogP contribution in [0.2, 0.25) is 0 Å². The fraction of sp³-hybridized carbons (Fsp3) is 0.526. The van der Waals surface area contributed by atoms with Gasteiger partial charge in [0.15, 0.2) is 13.2 Å². The van der Waals surface area contributed by atoms with Gasteiger partial charge in [0.25, 0.3) is 5.91 Å². The normalized spacial score (nSPS) is 14.1. The molecule has 0 bridgehead atoms. The molecule has 3 amide bonds. The zero-order valence-corrected chi connectivity index (χ0v) is 15.2. The van der Waals surface area contributed by atoms with Gasteiger partial charge in [0, 0.05) is 6.04 Å². The quantitative estimate of drug-likeness (QED) is 0.727. The van der Waals surface area contributed by atoms with E-state index in [0.717, 1.165) is 25.7 Å². The number of ether oxygens (including phenoxy) is 2. The number of rotatable bonds is 7. The van der Waals surface area contributed by atoms with Crippen LogP contribution in [0, 0.1) is 0 Å². The van der Waals surface area contributed by atoms with Gasteiger partial charge in [-0.2, -0.15) is 0 Å². The smallest absolute Gasteiger partial charge is 0.344 e. The monoisotopic (exact) mass is 362 g/mol. The molecule has 0 aromatic heterocycles. The molecule has 0 unspecified atom stereocenters. The van der Waals surface area contributed by atoms with Crippen LogP contribution in [0.15, 0.2) is 24.3 Å². The van der Waals surface area contributed by atoms with Gasteiger partial charge in [0.2, 0.25) is 0 Å². The van der Waals surface area contributed by atoms with Crippen molar-refractivity contribution in [2.45, 2.75) is 51.5 Å². The summed E-state index contributed by atoms with van der Waals surface area (Å²) in [6.45, 7) is 3.35. The van der Waals surface area contributed by atoms with Crippen LogP contribution in [-0.4, -0.2) is 37.2 Å². The number of carbonyl (C=O) groups is 3. The second kappa shape index (κ2) is 9.79. The lowest BCUT2D eigenvalue weighted by Gasteiger charge is -2.12. The van der Waals surface area contributed by atoms with Crippen LogP contribution in [0.5, 0.6) is 5.75 Å².